The van der Waals surface area contributed by atoms with Crippen molar-refractivity contribution in [3.8, 4) is 0 Å². The predicted molar refractivity (Wildman–Crippen MR) is 103 cm³/mol. The maximum absolute atomic E-state index is 13.0. The Morgan fingerprint density at radius 1 is 1.17 bits per heavy atom. The van der Waals surface area contributed by atoms with Crippen LogP contribution in [0, 0.1) is 0 Å². The van der Waals surface area contributed by atoms with Crippen LogP contribution in [0.5, 0.6) is 0 Å². The van der Waals surface area contributed by atoms with Crippen LogP contribution in [0.2, 0.25) is 0 Å². The molecule has 2 heterocycles. The minimum absolute atomic E-state index is 0.0855. The molecule has 0 saturated heterocycles. The second-order valence-corrected chi connectivity index (χ2v) is 8.27. The van der Waals surface area contributed by atoms with Gasteiger partial charge in [-0.15, -0.1) is 0 Å². The number of para-hydroxylation sites is 1. The zero-order valence-electron chi connectivity index (χ0n) is 15.1. The molecule has 0 unspecified atom stereocenters. The van der Waals surface area contributed by atoms with E-state index in [4.69, 9.17) is 9.26 Å². The number of fused-ring (bicyclic) bond motifs is 1. The molecule has 29 heavy (non-hydrogen) atoms. The Morgan fingerprint density at radius 3 is 2.62 bits per heavy atom. The van der Waals surface area contributed by atoms with Crippen LogP contribution in [0.1, 0.15) is 22.9 Å². The van der Waals surface area contributed by atoms with Crippen LogP contribution in [-0.4, -0.2) is 30.4 Å². The van der Waals surface area contributed by atoms with Gasteiger partial charge >= 0.3 is 21.0 Å². The Bertz CT molecular complexity index is 1190. The maximum atomic E-state index is 13.0. The summed E-state index contributed by atoms with van der Waals surface area (Å²) >= 11 is 0. The van der Waals surface area contributed by atoms with Gasteiger partial charge in [0.05, 0.1) is 11.6 Å². The van der Waals surface area contributed by atoms with E-state index in [2.05, 4.69) is 10.1 Å². The number of carbonyl (C=O) groups excluding carboxylic acids is 1. The number of hydrogen-bond donors (Lipinski definition) is 1. The van der Waals surface area contributed by atoms with Crippen molar-refractivity contribution < 1.29 is 22.5 Å². The molecule has 0 radical (unpaired) electrons. The number of sulfonamides is 1. The number of H-pyrrole nitrogens is 1. The Hall–Kier alpha value is -3.40. The number of nitrogens with one attached hydrogen (secondary N) is 1. The summed E-state index contributed by atoms with van der Waals surface area (Å²) in [4.78, 5) is 27.5. The molecule has 0 aliphatic carbocycles. The molecule has 1 atom stereocenters. The first-order chi connectivity index (χ1) is 13.9. The second kappa shape index (κ2) is 7.55. The third-order valence-electron chi connectivity index (χ3n) is 4.62. The lowest BCUT2D eigenvalue weighted by molar-refractivity contribution is 0.165. The molecule has 0 spiro atoms. The van der Waals surface area contributed by atoms with Gasteiger partial charge in [0.15, 0.2) is 0 Å². The fourth-order valence-corrected chi connectivity index (χ4v) is 4.45. The number of rotatable bonds is 4. The molecule has 10 heteroatoms. The lowest BCUT2D eigenvalue weighted by atomic mass is 9.94. The average molecular weight is 415 g/mol. The first-order valence-corrected chi connectivity index (χ1v) is 10.3. The van der Waals surface area contributed by atoms with Crippen LogP contribution in [-0.2, 0) is 27.8 Å². The minimum atomic E-state index is -4.47. The Morgan fingerprint density at radius 2 is 1.90 bits per heavy atom. The van der Waals surface area contributed by atoms with Crippen molar-refractivity contribution in [2.45, 2.75) is 18.9 Å². The third kappa shape index (κ3) is 3.79. The first-order valence-electron chi connectivity index (χ1n) is 8.82. The molecular weight excluding hydrogens is 398 g/mol. The van der Waals surface area contributed by atoms with E-state index in [1.807, 2.05) is 0 Å². The van der Waals surface area contributed by atoms with E-state index in [9.17, 15) is 18.0 Å². The summed E-state index contributed by atoms with van der Waals surface area (Å²) in [6, 6.07) is 15.6. The van der Waals surface area contributed by atoms with Crippen LogP contribution in [0.25, 0.3) is 0 Å². The summed E-state index contributed by atoms with van der Waals surface area (Å²) in [5, 5.41) is 0.756. The molecule has 9 nitrogen and oxygen atoms in total. The number of anilines is 1. The van der Waals surface area contributed by atoms with E-state index in [1.54, 1.807) is 54.6 Å². The zero-order chi connectivity index (χ0) is 20.4. The lowest BCUT2D eigenvalue weighted by Gasteiger charge is -2.32. The van der Waals surface area contributed by atoms with E-state index in [-0.39, 0.29) is 19.0 Å². The largest absolute Gasteiger partial charge is 0.448 e. The quantitative estimate of drug-likeness (QED) is 0.648. The predicted octanol–water partition coefficient (Wildman–Crippen LogP) is 2.18. The normalized spacial score (nSPS) is 16.3. The van der Waals surface area contributed by atoms with Gasteiger partial charge in [0.25, 0.3) is 0 Å². The van der Waals surface area contributed by atoms with Crippen molar-refractivity contribution in [1.29, 1.82) is 0 Å². The van der Waals surface area contributed by atoms with E-state index in [0.29, 0.717) is 23.2 Å². The summed E-state index contributed by atoms with van der Waals surface area (Å²) in [5.74, 6) is -0.442. The topological polar surface area (TPSA) is 123 Å². The molecule has 1 N–H and O–H groups in total. The monoisotopic (exact) mass is 415 g/mol. The van der Waals surface area contributed by atoms with Gasteiger partial charge in [0.1, 0.15) is 6.61 Å². The summed E-state index contributed by atoms with van der Waals surface area (Å²) in [7, 11) is -4.47. The molecule has 1 aromatic heterocycles. The summed E-state index contributed by atoms with van der Waals surface area (Å²) in [6.45, 7) is -0.264. The van der Waals surface area contributed by atoms with Crippen molar-refractivity contribution in [1.82, 2.24) is 10.1 Å². The highest BCUT2D eigenvalue weighted by Crippen LogP contribution is 2.35. The Balaban J connectivity index is 1.62. The number of hydrogen-bond acceptors (Lipinski definition) is 7. The number of ether oxygens (including phenoxy) is 1. The molecule has 2 aromatic carbocycles. The van der Waals surface area contributed by atoms with E-state index < -0.39 is 26.9 Å². The van der Waals surface area contributed by atoms with Gasteiger partial charge in [-0.2, -0.15) is 18.6 Å². The highest BCUT2D eigenvalue weighted by Gasteiger charge is 2.39. The molecular formula is C19H17N3O6S. The highest BCUT2D eigenvalue weighted by molar-refractivity contribution is 8.06. The Labute approximate surface area is 166 Å². The van der Waals surface area contributed by atoms with Gasteiger partial charge in [-0.05, 0) is 23.6 Å². The molecule has 1 aliphatic heterocycles. The van der Waals surface area contributed by atoms with Crippen molar-refractivity contribution in [3.63, 3.8) is 0 Å². The van der Waals surface area contributed by atoms with Gasteiger partial charge in [-0.1, -0.05) is 48.5 Å². The molecule has 0 fully saturated rings. The van der Waals surface area contributed by atoms with Gasteiger partial charge in [0.2, 0.25) is 5.89 Å². The molecule has 150 valence electrons. The second-order valence-electron chi connectivity index (χ2n) is 6.55. The molecule has 0 amide bonds. The van der Waals surface area contributed by atoms with Crippen molar-refractivity contribution in [2.24, 2.45) is 0 Å². The summed E-state index contributed by atoms with van der Waals surface area (Å²) in [6.07, 6.45) is 0.412. The van der Waals surface area contributed by atoms with Crippen LogP contribution >= 0.6 is 0 Å². The average Bonchev–Trinajstić information content (AvgIpc) is 3.18. The fraction of sp³-hybridized carbons (Fsp3) is 0.211. The van der Waals surface area contributed by atoms with E-state index >= 15 is 0 Å². The van der Waals surface area contributed by atoms with Gasteiger partial charge in [-0.25, -0.2) is 9.59 Å². The van der Waals surface area contributed by atoms with Gasteiger partial charge < -0.3 is 9.26 Å². The van der Waals surface area contributed by atoms with Crippen LogP contribution in [0.15, 0.2) is 63.9 Å². The molecule has 4 rings (SSSR count). The highest BCUT2D eigenvalue weighted by atomic mass is 32.2. The maximum Gasteiger partial charge on any atom is 0.445 e. The number of nitrogens with zero attached hydrogens (tertiary/aromatic N) is 2. The first kappa shape index (κ1) is 18.9. The van der Waals surface area contributed by atoms with Gasteiger partial charge in [-0.3, -0.25) is 4.31 Å². The summed E-state index contributed by atoms with van der Waals surface area (Å²) in [5.41, 5.74) is 1.09. The Kier molecular flexibility index (Phi) is 4.93. The minimum Gasteiger partial charge on any atom is -0.448 e. The van der Waals surface area contributed by atoms with E-state index in [1.165, 1.54) is 0 Å². The van der Waals surface area contributed by atoms with Crippen molar-refractivity contribution in [2.75, 3.05) is 10.8 Å². The van der Waals surface area contributed by atoms with Gasteiger partial charge in [0, 0.05) is 6.54 Å². The molecule has 3 aromatic rings. The number of aromatic amines is 1. The summed E-state index contributed by atoms with van der Waals surface area (Å²) < 4.78 is 37.1. The third-order valence-corrected chi connectivity index (χ3v) is 6.08. The molecule has 1 aliphatic rings. The van der Waals surface area contributed by atoms with Crippen molar-refractivity contribution in [3.05, 3.63) is 82.1 Å². The zero-order valence-corrected chi connectivity index (χ0v) is 16.0. The number of benzene rings is 2. The number of carbonyl (C=O) groups is 1. The SMILES string of the molecule is O=C(OCc1ccccc1)S(=O)(=O)N1C[C@H](c2nc(=O)[nH]o2)Cc2ccccc21. The fourth-order valence-electron chi connectivity index (χ4n) is 3.25. The van der Waals surface area contributed by atoms with E-state index in [0.717, 1.165) is 4.31 Å². The standard InChI is InChI=1S/C19H17N3O6S/c23-18-20-17(28-21-18)15-10-14-8-4-5-9-16(14)22(11-15)29(25,26)19(24)27-12-13-6-2-1-3-7-13/h1-9,15H,10-12H2,(H,21,23)/t15-/m1/s1. The van der Waals surface area contributed by atoms with Crippen LogP contribution < -0.4 is 9.99 Å². The van der Waals surface area contributed by atoms with Crippen LogP contribution in [0.4, 0.5) is 10.5 Å². The van der Waals surface area contributed by atoms with Crippen molar-refractivity contribution >= 4 is 21.0 Å². The molecule has 0 saturated carbocycles. The number of aromatic nitrogens is 2. The smallest absolute Gasteiger partial charge is 0.445 e. The molecule has 0 bridgehead atoms. The van der Waals surface area contributed by atoms with Crippen LogP contribution in [0.3, 0.4) is 0 Å². The lowest BCUT2D eigenvalue weighted by Crippen LogP contribution is -2.42.